The van der Waals surface area contributed by atoms with Gasteiger partial charge in [0.05, 0.1) is 38.5 Å². The summed E-state index contributed by atoms with van der Waals surface area (Å²) in [5.41, 5.74) is 4.51. The molecule has 24 heavy (non-hydrogen) atoms. The first kappa shape index (κ1) is 14.3. The number of amidine groups is 1. The smallest absolute Gasteiger partial charge is 0.162 e. The monoisotopic (exact) mass is 317 g/mol. The van der Waals surface area contributed by atoms with E-state index in [1.807, 2.05) is 35.2 Å². The summed E-state index contributed by atoms with van der Waals surface area (Å²) in [6.07, 6.45) is 7.39. The second kappa shape index (κ2) is 5.43. The molecule has 2 aromatic rings. The Bertz CT molecular complexity index is 938. The SMILES string of the molecule is C#Cc1cccc2c1CN1C=Nc3cc(OC)c(OC)cc3C1=N2. The van der Waals surface area contributed by atoms with Gasteiger partial charge in [0.1, 0.15) is 5.84 Å². The molecule has 0 fully saturated rings. The van der Waals surface area contributed by atoms with E-state index in [1.165, 1.54) is 0 Å². The summed E-state index contributed by atoms with van der Waals surface area (Å²) in [4.78, 5) is 11.3. The average molecular weight is 317 g/mol. The molecule has 2 aliphatic rings. The van der Waals surface area contributed by atoms with Crippen LogP contribution >= 0.6 is 0 Å². The van der Waals surface area contributed by atoms with Crippen LogP contribution < -0.4 is 9.47 Å². The zero-order valence-electron chi connectivity index (χ0n) is 13.4. The Balaban J connectivity index is 1.91. The lowest BCUT2D eigenvalue weighted by Crippen LogP contribution is -2.34. The van der Waals surface area contributed by atoms with E-state index in [2.05, 4.69) is 10.9 Å². The second-order valence-corrected chi connectivity index (χ2v) is 5.48. The largest absolute Gasteiger partial charge is 0.493 e. The quantitative estimate of drug-likeness (QED) is 0.799. The van der Waals surface area contributed by atoms with Crippen molar-refractivity contribution in [2.75, 3.05) is 14.2 Å². The summed E-state index contributed by atoms with van der Waals surface area (Å²) >= 11 is 0. The lowest BCUT2D eigenvalue weighted by atomic mass is 10.0. The summed E-state index contributed by atoms with van der Waals surface area (Å²) in [6.45, 7) is 0.645. The second-order valence-electron chi connectivity index (χ2n) is 5.48. The minimum Gasteiger partial charge on any atom is -0.493 e. The van der Waals surface area contributed by atoms with E-state index in [1.54, 1.807) is 20.6 Å². The van der Waals surface area contributed by atoms with Crippen molar-refractivity contribution in [3.63, 3.8) is 0 Å². The average Bonchev–Trinajstić information content (AvgIpc) is 2.64. The van der Waals surface area contributed by atoms with Crippen molar-refractivity contribution in [3.8, 4) is 23.8 Å². The van der Waals surface area contributed by atoms with Crippen molar-refractivity contribution >= 4 is 23.5 Å². The van der Waals surface area contributed by atoms with Gasteiger partial charge in [0.15, 0.2) is 11.5 Å². The van der Waals surface area contributed by atoms with E-state index < -0.39 is 0 Å². The van der Waals surface area contributed by atoms with Crippen LogP contribution in [0.25, 0.3) is 0 Å². The van der Waals surface area contributed by atoms with Crippen LogP contribution in [0.5, 0.6) is 11.5 Å². The first-order valence-corrected chi connectivity index (χ1v) is 7.49. The Morgan fingerprint density at radius 3 is 2.67 bits per heavy atom. The van der Waals surface area contributed by atoms with Crippen molar-refractivity contribution in [2.24, 2.45) is 9.98 Å². The minimum absolute atomic E-state index is 0.645. The summed E-state index contributed by atoms with van der Waals surface area (Å²) < 4.78 is 10.8. The first-order valence-electron chi connectivity index (χ1n) is 7.49. The van der Waals surface area contributed by atoms with Crippen molar-refractivity contribution in [1.82, 2.24) is 4.90 Å². The van der Waals surface area contributed by atoms with Crippen molar-refractivity contribution < 1.29 is 9.47 Å². The highest BCUT2D eigenvalue weighted by Gasteiger charge is 2.27. The number of ether oxygens (including phenoxy) is 2. The fraction of sp³-hybridized carbons (Fsp3) is 0.158. The van der Waals surface area contributed by atoms with Crippen LogP contribution in [0.3, 0.4) is 0 Å². The van der Waals surface area contributed by atoms with Gasteiger partial charge >= 0.3 is 0 Å². The maximum Gasteiger partial charge on any atom is 0.162 e. The first-order chi connectivity index (χ1) is 11.7. The molecule has 118 valence electrons. The van der Waals surface area contributed by atoms with Crippen LogP contribution in [0.2, 0.25) is 0 Å². The number of benzene rings is 2. The maximum atomic E-state index is 5.61. The number of hydrogen-bond acceptors (Lipinski definition) is 5. The van der Waals surface area contributed by atoms with Crippen molar-refractivity contribution in [3.05, 3.63) is 47.0 Å². The third-order valence-corrected chi connectivity index (χ3v) is 4.21. The summed E-state index contributed by atoms with van der Waals surface area (Å²) in [6, 6.07) is 9.61. The zero-order valence-corrected chi connectivity index (χ0v) is 13.4. The molecule has 5 heteroatoms. The molecule has 0 atom stereocenters. The Morgan fingerprint density at radius 2 is 1.92 bits per heavy atom. The molecule has 0 spiro atoms. The molecular weight excluding hydrogens is 302 g/mol. The lowest BCUT2D eigenvalue weighted by molar-refractivity contribution is 0.355. The van der Waals surface area contributed by atoms with Gasteiger partial charge < -0.3 is 14.4 Å². The molecule has 0 amide bonds. The predicted octanol–water partition coefficient (Wildman–Crippen LogP) is 3.25. The molecule has 5 nitrogen and oxygen atoms in total. The molecule has 0 saturated heterocycles. The van der Waals surface area contributed by atoms with E-state index in [0.29, 0.717) is 18.0 Å². The van der Waals surface area contributed by atoms with Crippen molar-refractivity contribution in [2.45, 2.75) is 6.54 Å². The molecular formula is C19H15N3O2. The van der Waals surface area contributed by atoms with Gasteiger partial charge in [-0.3, -0.25) is 0 Å². The van der Waals surface area contributed by atoms with Crippen LogP contribution in [-0.4, -0.2) is 31.3 Å². The number of fused-ring (bicyclic) bond motifs is 4. The van der Waals surface area contributed by atoms with E-state index in [0.717, 1.165) is 33.9 Å². The van der Waals surface area contributed by atoms with Crippen LogP contribution in [0, 0.1) is 12.3 Å². The molecule has 0 unspecified atom stereocenters. The van der Waals surface area contributed by atoms with Gasteiger partial charge in [-0.15, -0.1) is 6.42 Å². The highest BCUT2D eigenvalue weighted by atomic mass is 16.5. The van der Waals surface area contributed by atoms with Gasteiger partial charge in [-0.25, -0.2) is 9.98 Å². The fourth-order valence-electron chi connectivity index (χ4n) is 3.00. The summed E-state index contributed by atoms with van der Waals surface area (Å²) in [5.74, 6) is 4.86. The molecule has 0 bridgehead atoms. The number of terminal acetylenes is 1. The Kier molecular flexibility index (Phi) is 3.24. The Labute approximate surface area is 140 Å². The lowest BCUT2D eigenvalue weighted by Gasteiger charge is -2.31. The minimum atomic E-state index is 0.645. The molecule has 0 radical (unpaired) electrons. The predicted molar refractivity (Wildman–Crippen MR) is 93.8 cm³/mol. The number of methoxy groups -OCH3 is 2. The van der Waals surface area contributed by atoms with Gasteiger partial charge in [0.2, 0.25) is 0 Å². The van der Waals surface area contributed by atoms with Crippen LogP contribution in [0.15, 0.2) is 40.3 Å². The normalized spacial score (nSPS) is 14.0. The molecule has 0 aromatic heterocycles. The molecule has 0 saturated carbocycles. The molecule has 0 aliphatic carbocycles. The summed E-state index contributed by atoms with van der Waals surface area (Å²) in [7, 11) is 3.23. The molecule has 2 heterocycles. The molecule has 2 aromatic carbocycles. The highest BCUT2D eigenvalue weighted by Crippen LogP contribution is 2.39. The van der Waals surface area contributed by atoms with Gasteiger partial charge in [-0.1, -0.05) is 12.0 Å². The third kappa shape index (κ3) is 2.04. The van der Waals surface area contributed by atoms with E-state index in [-0.39, 0.29) is 0 Å². The van der Waals surface area contributed by atoms with Crippen LogP contribution in [0.4, 0.5) is 11.4 Å². The fourth-order valence-corrected chi connectivity index (χ4v) is 3.00. The van der Waals surface area contributed by atoms with E-state index in [9.17, 15) is 0 Å². The number of rotatable bonds is 2. The Hall–Kier alpha value is -3.26. The standard InChI is InChI=1S/C19H15N3O2/c1-4-12-6-5-7-15-14(12)10-22-11-20-16-9-18(24-3)17(23-2)8-13(16)19(22)21-15/h1,5-9,11H,10H2,2-3H3. The number of aliphatic imine (C=N–C) groups is 2. The van der Waals surface area contributed by atoms with Crippen LogP contribution in [-0.2, 0) is 6.54 Å². The van der Waals surface area contributed by atoms with Gasteiger partial charge in [-0.2, -0.15) is 0 Å². The van der Waals surface area contributed by atoms with Crippen LogP contribution in [0.1, 0.15) is 16.7 Å². The molecule has 2 aliphatic heterocycles. The number of nitrogens with zero attached hydrogens (tertiary/aromatic N) is 3. The maximum absolute atomic E-state index is 5.61. The van der Waals surface area contributed by atoms with E-state index in [4.69, 9.17) is 20.9 Å². The van der Waals surface area contributed by atoms with Gasteiger partial charge in [-0.05, 0) is 18.2 Å². The highest BCUT2D eigenvalue weighted by molar-refractivity contribution is 6.12. The topological polar surface area (TPSA) is 46.4 Å². The molecule has 0 N–H and O–H groups in total. The zero-order chi connectivity index (χ0) is 16.7. The van der Waals surface area contributed by atoms with E-state index >= 15 is 0 Å². The summed E-state index contributed by atoms with van der Waals surface area (Å²) in [5, 5.41) is 0. The van der Waals surface area contributed by atoms with Gasteiger partial charge in [0.25, 0.3) is 0 Å². The number of hydrogen-bond donors (Lipinski definition) is 0. The molecule has 4 rings (SSSR count). The third-order valence-electron chi connectivity index (χ3n) is 4.21. The Morgan fingerprint density at radius 1 is 1.12 bits per heavy atom. The van der Waals surface area contributed by atoms with Crippen molar-refractivity contribution in [1.29, 1.82) is 0 Å². The van der Waals surface area contributed by atoms with Gasteiger partial charge in [0, 0.05) is 22.8 Å².